The van der Waals surface area contributed by atoms with Crippen molar-refractivity contribution in [1.82, 2.24) is 0 Å². The molecule has 0 atom stereocenters. The van der Waals surface area contributed by atoms with E-state index in [-0.39, 0.29) is 78.3 Å². The maximum atomic E-state index is 15.2. The zero-order chi connectivity index (χ0) is 62.0. The predicted molar refractivity (Wildman–Crippen MR) is 310 cm³/mol. The molecule has 8 aromatic rings. The standard InChI is InChI=1S/C67H52Cl2F6N4O6/c1-62(2,3)48-32-43(82-56-19-13-21-58(47(56)38-79)85-61-34-49(63(4,5)6)60(33-50(61)64(7,8)9)84-54-17-11-15-52(69)45(54)36-77)30-31-59(48)83-57-20-12-18-55(46(57)37-78)81-42-28-24-40(25-29-42)65(66(70,71)72,67(73,74)75)39-22-26-41(27-23-39)80-53-16-10-14-51(68)44(53)35-76/h10-34H,1-9H3. The molecule has 8 aromatic carbocycles. The lowest BCUT2D eigenvalue weighted by Crippen LogP contribution is -2.54. The molecule has 85 heavy (non-hydrogen) atoms. The van der Waals surface area contributed by atoms with E-state index < -0.39 is 45.1 Å². The highest BCUT2D eigenvalue weighted by molar-refractivity contribution is 6.32. The summed E-state index contributed by atoms with van der Waals surface area (Å²) in [5.41, 5.74) is -6.37. The Kier molecular flexibility index (Phi) is 17.2. The second-order valence-electron chi connectivity index (χ2n) is 22.6. The third-order valence-electron chi connectivity index (χ3n) is 13.6. The smallest absolute Gasteiger partial charge is 0.411 e. The summed E-state index contributed by atoms with van der Waals surface area (Å²) in [4.78, 5) is 0. The number of hydrogen-bond donors (Lipinski definition) is 0. The Hall–Kier alpha value is -9.32. The maximum absolute atomic E-state index is 15.2. The lowest BCUT2D eigenvalue weighted by molar-refractivity contribution is -0.288. The van der Waals surface area contributed by atoms with Crippen LogP contribution in [-0.4, -0.2) is 12.4 Å². The molecule has 10 nitrogen and oxygen atoms in total. The molecular weight excluding hydrogens is 1140 g/mol. The third kappa shape index (κ3) is 12.8. The predicted octanol–water partition coefficient (Wildman–Crippen LogP) is 20.5. The Labute approximate surface area is 498 Å². The first kappa shape index (κ1) is 61.7. The fourth-order valence-electron chi connectivity index (χ4n) is 9.39. The molecule has 0 unspecified atom stereocenters. The van der Waals surface area contributed by atoms with Crippen LogP contribution in [0.1, 0.15) is 112 Å². The summed E-state index contributed by atoms with van der Waals surface area (Å²) in [6.07, 6.45) is -11.8. The van der Waals surface area contributed by atoms with Gasteiger partial charge in [0.05, 0.1) is 10.0 Å². The number of halogens is 8. The molecule has 0 aliphatic rings. The second kappa shape index (κ2) is 23.7. The highest BCUT2D eigenvalue weighted by atomic mass is 35.5. The van der Waals surface area contributed by atoms with Crippen LogP contribution >= 0.6 is 23.2 Å². The van der Waals surface area contributed by atoms with Crippen molar-refractivity contribution in [3.63, 3.8) is 0 Å². The molecule has 0 radical (unpaired) electrons. The second-order valence-corrected chi connectivity index (χ2v) is 23.4. The van der Waals surface area contributed by atoms with E-state index >= 15 is 26.3 Å². The summed E-state index contributed by atoms with van der Waals surface area (Å²) in [5, 5.41) is 40.9. The van der Waals surface area contributed by atoms with Crippen LogP contribution in [0.15, 0.2) is 152 Å². The number of rotatable bonds is 14. The number of nitriles is 4. The van der Waals surface area contributed by atoms with Crippen molar-refractivity contribution in [1.29, 1.82) is 21.0 Å². The molecule has 432 valence electrons. The summed E-state index contributed by atoms with van der Waals surface area (Å²) in [5.74, 6) is 1.69. The van der Waals surface area contributed by atoms with Crippen LogP contribution in [-0.2, 0) is 21.7 Å². The van der Waals surface area contributed by atoms with Crippen molar-refractivity contribution >= 4 is 23.2 Å². The van der Waals surface area contributed by atoms with Gasteiger partial charge in [-0.3, -0.25) is 0 Å². The monoisotopic (exact) mass is 1190 g/mol. The molecule has 0 spiro atoms. The number of benzene rings is 8. The van der Waals surface area contributed by atoms with Crippen LogP contribution in [0.2, 0.25) is 10.0 Å². The molecule has 18 heteroatoms. The first-order valence-corrected chi connectivity index (χ1v) is 26.9. The zero-order valence-electron chi connectivity index (χ0n) is 47.2. The van der Waals surface area contributed by atoms with Crippen molar-refractivity contribution in [3.8, 4) is 93.3 Å². The van der Waals surface area contributed by atoms with Crippen LogP contribution in [0.4, 0.5) is 26.3 Å². The van der Waals surface area contributed by atoms with E-state index in [0.717, 1.165) is 35.4 Å². The van der Waals surface area contributed by atoms with E-state index in [0.29, 0.717) is 52.8 Å². The van der Waals surface area contributed by atoms with Gasteiger partial charge in [-0.05, 0) is 131 Å². The average molecular weight is 1190 g/mol. The minimum Gasteiger partial charge on any atom is -0.456 e. The molecule has 0 amide bonds. The van der Waals surface area contributed by atoms with Crippen molar-refractivity contribution in [3.05, 3.63) is 212 Å². The lowest BCUT2D eigenvalue weighted by Gasteiger charge is -2.38. The summed E-state index contributed by atoms with van der Waals surface area (Å²) in [7, 11) is 0. The summed E-state index contributed by atoms with van der Waals surface area (Å²) in [6.45, 7) is 17.8. The SMILES string of the molecule is CC(C)(C)c1cc(Oc2cccc(Oc3ccc(Oc4cccc(Oc5ccc(C(c6ccc(Oc7cccc(Cl)c7C#N)cc6)(C(F)(F)F)C(F)(F)F)cc5)c4C#N)c(C(C)(C)C)c3)c2C#N)c(C(C)(C)C)cc1Oc1cccc(Cl)c1C#N. The van der Waals surface area contributed by atoms with Gasteiger partial charge in [0.25, 0.3) is 0 Å². The Morgan fingerprint density at radius 2 is 0.600 bits per heavy atom. The molecule has 0 aromatic heterocycles. The highest BCUT2D eigenvalue weighted by Gasteiger charge is 2.72. The van der Waals surface area contributed by atoms with Gasteiger partial charge in [-0.25, -0.2) is 0 Å². The number of nitrogens with zero attached hydrogens (tertiary/aromatic N) is 4. The minimum absolute atomic E-state index is 0.00687. The Balaban J connectivity index is 1.06. The van der Waals surface area contributed by atoms with Gasteiger partial charge in [0.1, 0.15) is 116 Å². The molecule has 0 N–H and O–H groups in total. The van der Waals surface area contributed by atoms with E-state index in [2.05, 4.69) is 12.1 Å². The van der Waals surface area contributed by atoms with Crippen LogP contribution in [0.25, 0.3) is 0 Å². The van der Waals surface area contributed by atoms with E-state index in [1.54, 1.807) is 54.6 Å². The summed E-state index contributed by atoms with van der Waals surface area (Å²) in [6, 6.07) is 41.8. The molecule has 0 aliphatic carbocycles. The lowest BCUT2D eigenvalue weighted by atomic mass is 9.73. The summed E-state index contributed by atoms with van der Waals surface area (Å²) < 4.78 is 129. The zero-order valence-corrected chi connectivity index (χ0v) is 48.7. The maximum Gasteiger partial charge on any atom is 0.411 e. The first-order valence-electron chi connectivity index (χ1n) is 26.1. The molecule has 8 rings (SSSR count). The van der Waals surface area contributed by atoms with Crippen LogP contribution in [0, 0.1) is 45.3 Å². The van der Waals surface area contributed by atoms with Crippen LogP contribution in [0.3, 0.4) is 0 Å². The largest absolute Gasteiger partial charge is 0.456 e. The number of ether oxygens (including phenoxy) is 6. The van der Waals surface area contributed by atoms with Gasteiger partial charge in [-0.1, -0.05) is 134 Å². The van der Waals surface area contributed by atoms with Gasteiger partial charge in [-0.2, -0.15) is 47.4 Å². The van der Waals surface area contributed by atoms with Crippen molar-refractivity contribution in [2.75, 3.05) is 0 Å². The number of hydrogen-bond acceptors (Lipinski definition) is 10. The van der Waals surface area contributed by atoms with Crippen LogP contribution < -0.4 is 28.4 Å². The van der Waals surface area contributed by atoms with E-state index in [9.17, 15) is 21.0 Å². The van der Waals surface area contributed by atoms with Gasteiger partial charge in [0.2, 0.25) is 5.41 Å². The Bertz CT molecular complexity index is 4010. The number of alkyl halides is 6. The van der Waals surface area contributed by atoms with E-state index in [1.165, 1.54) is 36.4 Å². The highest BCUT2D eigenvalue weighted by Crippen LogP contribution is 2.57. The first-order chi connectivity index (χ1) is 39.9. The van der Waals surface area contributed by atoms with Crippen molar-refractivity contribution in [2.24, 2.45) is 0 Å². The van der Waals surface area contributed by atoms with Crippen molar-refractivity contribution in [2.45, 2.75) is 96.3 Å². The fraction of sp³-hybridized carbons (Fsp3) is 0.224. The van der Waals surface area contributed by atoms with Gasteiger partial charge < -0.3 is 28.4 Å². The van der Waals surface area contributed by atoms with Gasteiger partial charge in [-0.15, -0.1) is 0 Å². The molecule has 0 aliphatic heterocycles. The Morgan fingerprint density at radius 1 is 0.318 bits per heavy atom. The molecular formula is C67H52Cl2F6N4O6. The topological polar surface area (TPSA) is 151 Å². The normalized spacial score (nSPS) is 12.0. The van der Waals surface area contributed by atoms with Crippen molar-refractivity contribution < 1.29 is 54.8 Å². The van der Waals surface area contributed by atoms with Gasteiger partial charge in [0.15, 0.2) is 0 Å². The molecule has 0 heterocycles. The molecule has 0 fully saturated rings. The molecule has 0 bridgehead atoms. The Morgan fingerprint density at radius 3 is 0.941 bits per heavy atom. The minimum atomic E-state index is -5.92. The quantitative estimate of drug-likeness (QED) is 0.0963. The van der Waals surface area contributed by atoms with Crippen LogP contribution in [0.5, 0.6) is 69.0 Å². The molecule has 0 saturated heterocycles. The van der Waals surface area contributed by atoms with E-state index in [4.69, 9.17) is 51.6 Å². The third-order valence-corrected chi connectivity index (χ3v) is 14.2. The van der Waals surface area contributed by atoms with Gasteiger partial charge in [0, 0.05) is 16.7 Å². The fourth-order valence-corrected chi connectivity index (χ4v) is 9.81. The average Bonchev–Trinajstić information content (AvgIpc) is 1.23. The summed E-state index contributed by atoms with van der Waals surface area (Å²) >= 11 is 12.4. The molecule has 0 saturated carbocycles. The van der Waals surface area contributed by atoms with Gasteiger partial charge >= 0.3 is 12.4 Å². The van der Waals surface area contributed by atoms with E-state index in [1.807, 2.05) is 86.6 Å².